The topological polar surface area (TPSA) is 57.0 Å². The van der Waals surface area contributed by atoms with E-state index in [1.165, 1.54) is 11.3 Å². The molecular weight excluding hydrogens is 454 g/mol. The van der Waals surface area contributed by atoms with Crippen molar-refractivity contribution < 1.29 is 9.53 Å². The predicted molar refractivity (Wildman–Crippen MR) is 133 cm³/mol. The Kier molecular flexibility index (Phi) is 5.70. The fraction of sp³-hybridized carbons (Fsp3) is 0.115. The molecule has 0 N–H and O–H groups in total. The van der Waals surface area contributed by atoms with Gasteiger partial charge in [-0.1, -0.05) is 23.7 Å². The lowest BCUT2D eigenvalue weighted by Gasteiger charge is -2.09. The van der Waals surface area contributed by atoms with Crippen molar-refractivity contribution in [3.05, 3.63) is 99.2 Å². The molecule has 164 valence electrons. The van der Waals surface area contributed by atoms with Crippen LogP contribution in [0.2, 0.25) is 5.02 Å². The highest BCUT2D eigenvalue weighted by molar-refractivity contribution is 7.12. The van der Waals surface area contributed by atoms with Crippen molar-refractivity contribution >= 4 is 39.6 Å². The highest BCUT2D eigenvalue weighted by atomic mass is 35.5. The summed E-state index contributed by atoms with van der Waals surface area (Å²) in [4.78, 5) is 22.5. The third-order valence-corrected chi connectivity index (χ3v) is 6.76. The van der Waals surface area contributed by atoms with Crippen LogP contribution in [0.25, 0.3) is 22.2 Å². The number of halogens is 1. The Bertz CT molecular complexity index is 1460. The number of methoxy groups -OCH3 is 1. The minimum atomic E-state index is -0.0965. The Morgan fingerprint density at radius 2 is 1.97 bits per heavy atom. The number of nitrogens with zero attached hydrogens (tertiary/aromatic N) is 3. The number of benzene rings is 2. The number of hydrogen-bond donors (Lipinski definition) is 0. The number of carbonyl (C=O) groups excluding carboxylic acids is 1. The van der Waals surface area contributed by atoms with Crippen molar-refractivity contribution in [2.45, 2.75) is 13.5 Å². The smallest absolute Gasteiger partial charge is 0.224 e. The number of fused-ring (bicyclic) bond motifs is 1. The molecule has 0 aliphatic heterocycles. The Morgan fingerprint density at radius 3 is 2.70 bits per heavy atom. The first-order valence-electron chi connectivity index (χ1n) is 10.4. The Labute approximate surface area is 200 Å². The quantitative estimate of drug-likeness (QED) is 0.267. The zero-order valence-electron chi connectivity index (χ0n) is 18.1. The van der Waals surface area contributed by atoms with Crippen LogP contribution in [0.15, 0.2) is 72.4 Å². The van der Waals surface area contributed by atoms with Crippen LogP contribution in [0.5, 0.6) is 5.75 Å². The molecule has 0 radical (unpaired) electrons. The van der Waals surface area contributed by atoms with E-state index >= 15 is 0 Å². The van der Waals surface area contributed by atoms with Crippen LogP contribution in [-0.2, 0) is 6.54 Å². The zero-order chi connectivity index (χ0) is 22.9. The summed E-state index contributed by atoms with van der Waals surface area (Å²) in [6, 6.07) is 17.4. The van der Waals surface area contributed by atoms with Crippen LogP contribution >= 0.6 is 22.9 Å². The first-order chi connectivity index (χ1) is 16.0. The van der Waals surface area contributed by atoms with Gasteiger partial charge in [0.1, 0.15) is 5.75 Å². The van der Waals surface area contributed by atoms with Gasteiger partial charge in [0.15, 0.2) is 5.01 Å². The number of ether oxygens (including phenoxy) is 1. The Balaban J connectivity index is 1.61. The molecular formula is C26H20ClN3O2S. The van der Waals surface area contributed by atoms with Gasteiger partial charge in [0.25, 0.3) is 0 Å². The number of ketones is 1. The summed E-state index contributed by atoms with van der Waals surface area (Å²) >= 11 is 7.40. The van der Waals surface area contributed by atoms with Crippen molar-refractivity contribution in [1.82, 2.24) is 14.5 Å². The van der Waals surface area contributed by atoms with E-state index in [9.17, 15) is 4.79 Å². The second-order valence-electron chi connectivity index (χ2n) is 7.66. The molecule has 0 saturated heterocycles. The third kappa shape index (κ3) is 4.03. The van der Waals surface area contributed by atoms with Gasteiger partial charge in [0, 0.05) is 51.5 Å². The van der Waals surface area contributed by atoms with Crippen LogP contribution in [0.1, 0.15) is 26.6 Å². The second kappa shape index (κ2) is 8.81. The van der Waals surface area contributed by atoms with Gasteiger partial charge < -0.3 is 9.30 Å². The molecule has 5 aromatic rings. The monoisotopic (exact) mass is 473 g/mol. The molecule has 7 heteroatoms. The van der Waals surface area contributed by atoms with Gasteiger partial charge in [-0.25, -0.2) is 4.98 Å². The number of rotatable bonds is 6. The van der Waals surface area contributed by atoms with Gasteiger partial charge in [0.2, 0.25) is 5.78 Å². The standard InChI is InChI=1S/C26H20ClN3O2S/c1-16-24(25(31)26-29-22(15-33-26)18-4-3-11-28-13-18)21-12-20(32-2)9-10-23(21)30(16)14-17-5-7-19(27)8-6-17/h3-13,15H,14H2,1-2H3. The Morgan fingerprint density at radius 1 is 1.15 bits per heavy atom. The SMILES string of the molecule is COc1ccc2c(c1)c(C(=O)c1nc(-c3cccnc3)cs1)c(C)n2Cc1ccc(Cl)cc1. The van der Waals surface area contributed by atoms with Crippen molar-refractivity contribution in [2.75, 3.05) is 7.11 Å². The highest BCUT2D eigenvalue weighted by Gasteiger charge is 2.24. The lowest BCUT2D eigenvalue weighted by atomic mass is 10.1. The van der Waals surface area contributed by atoms with Crippen molar-refractivity contribution in [2.24, 2.45) is 0 Å². The van der Waals surface area contributed by atoms with Gasteiger partial charge in [-0.2, -0.15) is 0 Å². The van der Waals surface area contributed by atoms with Gasteiger partial charge in [0.05, 0.1) is 18.4 Å². The molecule has 0 atom stereocenters. The molecule has 5 nitrogen and oxygen atoms in total. The fourth-order valence-corrected chi connectivity index (χ4v) is 4.88. The number of thiazole rings is 1. The summed E-state index contributed by atoms with van der Waals surface area (Å²) in [6.07, 6.45) is 3.46. The van der Waals surface area contributed by atoms with E-state index in [1.807, 2.05) is 66.9 Å². The number of carbonyl (C=O) groups is 1. The predicted octanol–water partition coefficient (Wildman–Crippen LogP) is 6.41. The van der Waals surface area contributed by atoms with Crippen molar-refractivity contribution in [3.63, 3.8) is 0 Å². The van der Waals surface area contributed by atoms with Crippen LogP contribution in [0, 0.1) is 6.92 Å². The molecule has 0 saturated carbocycles. The molecule has 0 aliphatic carbocycles. The minimum absolute atomic E-state index is 0.0965. The van der Waals surface area contributed by atoms with E-state index in [-0.39, 0.29) is 5.78 Å². The maximum Gasteiger partial charge on any atom is 0.224 e. The third-order valence-electron chi connectivity index (χ3n) is 5.67. The lowest BCUT2D eigenvalue weighted by molar-refractivity contribution is 0.103. The first kappa shape index (κ1) is 21.4. The van der Waals surface area contributed by atoms with Gasteiger partial charge in [-0.3, -0.25) is 9.78 Å². The van der Waals surface area contributed by atoms with Crippen LogP contribution in [-0.4, -0.2) is 27.4 Å². The average Bonchev–Trinajstić information content (AvgIpc) is 3.44. The molecule has 0 spiro atoms. The van der Waals surface area contributed by atoms with E-state index in [1.54, 1.807) is 19.5 Å². The second-order valence-corrected chi connectivity index (χ2v) is 8.96. The lowest BCUT2D eigenvalue weighted by Crippen LogP contribution is -2.06. The van der Waals surface area contributed by atoms with E-state index < -0.39 is 0 Å². The van der Waals surface area contributed by atoms with Crippen molar-refractivity contribution in [3.8, 4) is 17.0 Å². The van der Waals surface area contributed by atoms with Crippen LogP contribution in [0.3, 0.4) is 0 Å². The molecule has 0 fully saturated rings. The number of hydrogen-bond acceptors (Lipinski definition) is 5. The molecule has 5 rings (SSSR count). The van der Waals surface area contributed by atoms with Crippen molar-refractivity contribution in [1.29, 1.82) is 0 Å². The van der Waals surface area contributed by atoms with E-state index in [4.69, 9.17) is 16.3 Å². The van der Waals surface area contributed by atoms with Gasteiger partial charge in [-0.15, -0.1) is 11.3 Å². The highest BCUT2D eigenvalue weighted by Crippen LogP contribution is 2.33. The Hall–Kier alpha value is -3.48. The summed E-state index contributed by atoms with van der Waals surface area (Å²) in [6.45, 7) is 2.60. The zero-order valence-corrected chi connectivity index (χ0v) is 19.7. The van der Waals surface area contributed by atoms with Gasteiger partial charge in [-0.05, 0) is 55.0 Å². The molecule has 0 aliphatic rings. The van der Waals surface area contributed by atoms with Crippen LogP contribution < -0.4 is 4.74 Å². The van der Waals surface area contributed by atoms with Crippen LogP contribution in [0.4, 0.5) is 0 Å². The van der Waals surface area contributed by atoms with E-state index in [0.717, 1.165) is 33.4 Å². The molecule has 33 heavy (non-hydrogen) atoms. The summed E-state index contributed by atoms with van der Waals surface area (Å²) < 4.78 is 7.60. The van der Waals surface area contributed by atoms with E-state index in [0.29, 0.717) is 27.9 Å². The largest absolute Gasteiger partial charge is 0.497 e. The molecule has 0 bridgehead atoms. The van der Waals surface area contributed by atoms with Gasteiger partial charge >= 0.3 is 0 Å². The molecule has 2 aromatic carbocycles. The maximum absolute atomic E-state index is 13.7. The fourth-order valence-electron chi connectivity index (χ4n) is 3.98. The normalized spacial score (nSPS) is 11.1. The molecule has 3 heterocycles. The maximum atomic E-state index is 13.7. The molecule has 3 aromatic heterocycles. The first-order valence-corrected chi connectivity index (χ1v) is 11.6. The summed E-state index contributed by atoms with van der Waals surface area (Å²) in [5.41, 5.74) is 5.23. The average molecular weight is 474 g/mol. The minimum Gasteiger partial charge on any atom is -0.497 e. The summed E-state index contributed by atoms with van der Waals surface area (Å²) in [7, 11) is 1.63. The number of pyridine rings is 1. The molecule has 0 amide bonds. The number of aromatic nitrogens is 3. The van der Waals surface area contributed by atoms with E-state index in [2.05, 4.69) is 14.5 Å². The molecule has 0 unspecified atom stereocenters. The summed E-state index contributed by atoms with van der Waals surface area (Å²) in [5.74, 6) is 0.608. The summed E-state index contributed by atoms with van der Waals surface area (Å²) in [5, 5.41) is 3.89.